The monoisotopic (exact) mass is 455 g/mol. The van der Waals surface area contributed by atoms with E-state index in [1.54, 1.807) is 58.3 Å². The Bertz CT molecular complexity index is 1190. The summed E-state index contributed by atoms with van der Waals surface area (Å²) in [6.07, 6.45) is 0.760. The number of benzene rings is 3. The van der Waals surface area contributed by atoms with Gasteiger partial charge in [-0.15, -0.1) is 0 Å². The highest BCUT2D eigenvalue weighted by Crippen LogP contribution is 2.31. The van der Waals surface area contributed by atoms with E-state index < -0.39 is 10.0 Å². The number of rotatable bonds is 6. The Morgan fingerprint density at radius 2 is 1.55 bits per heavy atom. The predicted molar refractivity (Wildman–Crippen MR) is 123 cm³/mol. The number of nitrogens with one attached hydrogen (secondary N) is 1. The minimum absolute atomic E-state index is 0.162. The van der Waals surface area contributed by atoms with Gasteiger partial charge in [0.15, 0.2) is 0 Å². The molecule has 2 amide bonds. The van der Waals surface area contributed by atoms with E-state index in [2.05, 4.69) is 4.72 Å². The van der Waals surface area contributed by atoms with Crippen molar-refractivity contribution in [3.63, 3.8) is 0 Å². The van der Waals surface area contributed by atoms with E-state index >= 15 is 0 Å². The zero-order valence-electron chi connectivity index (χ0n) is 16.7. The van der Waals surface area contributed by atoms with E-state index in [0.29, 0.717) is 36.0 Å². The molecule has 1 aliphatic heterocycles. The zero-order chi connectivity index (χ0) is 21.8. The number of halogens is 1. The molecule has 0 unspecified atom stereocenters. The van der Waals surface area contributed by atoms with Crippen LogP contribution in [0.25, 0.3) is 0 Å². The molecule has 0 bridgehead atoms. The Kier molecular flexibility index (Phi) is 6.15. The maximum atomic E-state index is 13.3. The first-order valence-electron chi connectivity index (χ1n) is 9.92. The number of nitrogens with zero attached hydrogens (tertiary/aromatic N) is 2. The number of hydrogen-bond donors (Lipinski definition) is 1. The van der Waals surface area contributed by atoms with Crippen molar-refractivity contribution in [3.05, 3.63) is 89.4 Å². The van der Waals surface area contributed by atoms with Crippen molar-refractivity contribution in [1.29, 1.82) is 0 Å². The van der Waals surface area contributed by atoms with Gasteiger partial charge in [0, 0.05) is 24.7 Å². The smallest absolute Gasteiger partial charge is 0.320 e. The lowest BCUT2D eigenvalue weighted by Gasteiger charge is -2.36. The van der Waals surface area contributed by atoms with E-state index in [1.165, 1.54) is 12.1 Å². The minimum Gasteiger partial charge on any atom is -0.320 e. The summed E-state index contributed by atoms with van der Waals surface area (Å²) in [7, 11) is -3.78. The molecule has 0 aliphatic carbocycles. The highest BCUT2D eigenvalue weighted by molar-refractivity contribution is 7.92. The van der Waals surface area contributed by atoms with Crippen LogP contribution < -0.4 is 9.62 Å². The largest absolute Gasteiger partial charge is 0.324 e. The maximum Gasteiger partial charge on any atom is 0.324 e. The van der Waals surface area contributed by atoms with Gasteiger partial charge in [0.1, 0.15) is 0 Å². The van der Waals surface area contributed by atoms with Crippen molar-refractivity contribution < 1.29 is 13.2 Å². The van der Waals surface area contributed by atoms with Crippen molar-refractivity contribution in [2.45, 2.75) is 17.9 Å². The fourth-order valence-corrected chi connectivity index (χ4v) is 4.87. The van der Waals surface area contributed by atoms with Gasteiger partial charge >= 0.3 is 6.03 Å². The summed E-state index contributed by atoms with van der Waals surface area (Å²) in [4.78, 5) is 16.8. The normalized spacial score (nSPS) is 14.5. The highest BCUT2D eigenvalue weighted by Gasteiger charge is 2.29. The van der Waals surface area contributed by atoms with E-state index in [4.69, 9.17) is 11.6 Å². The van der Waals surface area contributed by atoms with Crippen LogP contribution in [0.3, 0.4) is 0 Å². The SMILES string of the molecule is O=C1N(Cc2ccccc2Cl)CCCN1c1ccccc1NS(=O)(=O)c1ccccc1. The molecule has 0 atom stereocenters. The number of sulfonamides is 1. The fraction of sp³-hybridized carbons (Fsp3) is 0.174. The predicted octanol–water partition coefficient (Wildman–Crippen LogP) is 4.97. The maximum absolute atomic E-state index is 13.3. The molecule has 8 heteroatoms. The van der Waals surface area contributed by atoms with Gasteiger partial charge in [-0.25, -0.2) is 13.2 Å². The Morgan fingerprint density at radius 1 is 0.871 bits per heavy atom. The van der Waals surface area contributed by atoms with Crippen LogP contribution in [0.4, 0.5) is 16.2 Å². The third kappa shape index (κ3) is 4.68. The Labute approximate surface area is 187 Å². The zero-order valence-corrected chi connectivity index (χ0v) is 18.3. The third-order valence-corrected chi connectivity index (χ3v) is 6.87. The van der Waals surface area contributed by atoms with Crippen LogP contribution >= 0.6 is 11.6 Å². The number of para-hydroxylation sites is 2. The lowest BCUT2D eigenvalue weighted by molar-refractivity contribution is 0.192. The lowest BCUT2D eigenvalue weighted by atomic mass is 10.1. The van der Waals surface area contributed by atoms with E-state index in [9.17, 15) is 13.2 Å². The highest BCUT2D eigenvalue weighted by atomic mass is 35.5. The van der Waals surface area contributed by atoms with Crippen molar-refractivity contribution in [1.82, 2.24) is 4.90 Å². The average Bonchev–Trinajstić information content (AvgIpc) is 2.78. The molecule has 1 aliphatic rings. The van der Waals surface area contributed by atoms with E-state index in [0.717, 1.165) is 12.0 Å². The number of amides is 2. The molecular formula is C23H22ClN3O3S. The number of urea groups is 1. The summed E-state index contributed by atoms with van der Waals surface area (Å²) in [5, 5.41) is 0.614. The Balaban J connectivity index is 1.60. The van der Waals surface area contributed by atoms with Gasteiger partial charge in [-0.3, -0.25) is 9.62 Å². The molecule has 0 aromatic heterocycles. The fourth-order valence-electron chi connectivity index (χ4n) is 3.58. The summed E-state index contributed by atoms with van der Waals surface area (Å²) in [6, 6.07) is 22.4. The van der Waals surface area contributed by atoms with Crippen LogP contribution in [0, 0.1) is 0 Å². The molecule has 1 N–H and O–H groups in total. The van der Waals surface area contributed by atoms with Crippen LogP contribution in [0.1, 0.15) is 12.0 Å². The van der Waals surface area contributed by atoms with Gasteiger partial charge in [0.2, 0.25) is 0 Å². The summed E-state index contributed by atoms with van der Waals surface area (Å²) >= 11 is 6.27. The molecule has 6 nitrogen and oxygen atoms in total. The Morgan fingerprint density at radius 3 is 2.32 bits per heavy atom. The Hall–Kier alpha value is -3.03. The molecule has 1 saturated heterocycles. The number of anilines is 2. The second-order valence-electron chi connectivity index (χ2n) is 7.24. The number of hydrogen-bond acceptors (Lipinski definition) is 3. The molecule has 4 rings (SSSR count). The molecule has 1 fully saturated rings. The number of carbonyl (C=O) groups excluding carboxylic acids is 1. The standard InChI is InChI=1S/C23H22ClN3O3S/c24-20-12-5-4-9-18(20)17-26-15-8-16-27(23(26)28)22-14-7-6-13-21(22)25-31(29,30)19-10-2-1-3-11-19/h1-7,9-14,25H,8,15-17H2. The minimum atomic E-state index is -3.78. The summed E-state index contributed by atoms with van der Waals surface area (Å²) in [5.41, 5.74) is 1.76. The van der Waals surface area contributed by atoms with Crippen molar-refractivity contribution >= 4 is 39.0 Å². The first-order chi connectivity index (χ1) is 15.0. The summed E-state index contributed by atoms with van der Waals surface area (Å²) in [6.45, 7) is 1.51. The molecule has 31 heavy (non-hydrogen) atoms. The molecule has 0 saturated carbocycles. The molecule has 0 radical (unpaired) electrons. The molecule has 3 aromatic carbocycles. The van der Waals surface area contributed by atoms with E-state index in [-0.39, 0.29) is 10.9 Å². The van der Waals surface area contributed by atoms with Crippen LogP contribution in [0.5, 0.6) is 0 Å². The van der Waals surface area contributed by atoms with Gasteiger partial charge < -0.3 is 4.90 Å². The van der Waals surface area contributed by atoms with Crippen LogP contribution in [0.15, 0.2) is 83.8 Å². The van der Waals surface area contributed by atoms with Gasteiger partial charge in [0.05, 0.1) is 16.3 Å². The molecule has 160 valence electrons. The summed E-state index contributed by atoms with van der Waals surface area (Å²) in [5.74, 6) is 0. The topological polar surface area (TPSA) is 69.7 Å². The average molecular weight is 456 g/mol. The van der Waals surface area contributed by atoms with Gasteiger partial charge in [-0.2, -0.15) is 0 Å². The van der Waals surface area contributed by atoms with Crippen LogP contribution in [0.2, 0.25) is 5.02 Å². The second-order valence-corrected chi connectivity index (χ2v) is 9.33. The van der Waals surface area contributed by atoms with E-state index in [1.807, 2.05) is 18.2 Å². The van der Waals surface area contributed by atoms with Crippen LogP contribution in [-0.4, -0.2) is 32.4 Å². The molecule has 0 spiro atoms. The van der Waals surface area contributed by atoms with Crippen molar-refractivity contribution in [2.75, 3.05) is 22.7 Å². The van der Waals surface area contributed by atoms with Gasteiger partial charge in [0.25, 0.3) is 10.0 Å². The van der Waals surface area contributed by atoms with Crippen molar-refractivity contribution in [2.24, 2.45) is 0 Å². The quantitative estimate of drug-likeness (QED) is 0.570. The molecular weight excluding hydrogens is 434 g/mol. The lowest BCUT2D eigenvalue weighted by Crippen LogP contribution is -2.49. The van der Waals surface area contributed by atoms with Crippen molar-refractivity contribution in [3.8, 4) is 0 Å². The number of carbonyl (C=O) groups is 1. The van der Waals surface area contributed by atoms with Crippen LogP contribution in [-0.2, 0) is 16.6 Å². The first kappa shape index (κ1) is 21.2. The summed E-state index contributed by atoms with van der Waals surface area (Å²) < 4.78 is 28.3. The molecule has 1 heterocycles. The molecule has 3 aromatic rings. The third-order valence-electron chi connectivity index (χ3n) is 5.12. The first-order valence-corrected chi connectivity index (χ1v) is 11.8. The van der Waals surface area contributed by atoms with Gasteiger partial charge in [-0.05, 0) is 42.3 Å². The second kappa shape index (κ2) is 8.99. The van der Waals surface area contributed by atoms with Gasteiger partial charge in [-0.1, -0.05) is 60.1 Å².